The van der Waals surface area contributed by atoms with Gasteiger partial charge in [0.05, 0.1) is 6.10 Å². The monoisotopic (exact) mass is 313 g/mol. The number of benzene rings is 2. The van der Waals surface area contributed by atoms with Crippen LogP contribution in [0.4, 0.5) is 10.1 Å². The van der Waals surface area contributed by atoms with Gasteiger partial charge in [-0.2, -0.15) is 0 Å². The number of para-hydroxylation sites is 1. The van der Waals surface area contributed by atoms with Crippen molar-refractivity contribution in [3.63, 3.8) is 0 Å². The molecule has 23 heavy (non-hydrogen) atoms. The summed E-state index contributed by atoms with van der Waals surface area (Å²) in [5.74, 6) is -0.0163. The molecule has 1 aliphatic heterocycles. The van der Waals surface area contributed by atoms with Gasteiger partial charge in [0.1, 0.15) is 5.82 Å². The van der Waals surface area contributed by atoms with E-state index in [1.807, 2.05) is 0 Å². The summed E-state index contributed by atoms with van der Waals surface area (Å²) in [6, 6.07) is 14.8. The first-order valence-electron chi connectivity index (χ1n) is 8.45. The first kappa shape index (κ1) is 16.0. The molecule has 122 valence electrons. The van der Waals surface area contributed by atoms with Gasteiger partial charge >= 0.3 is 0 Å². The van der Waals surface area contributed by atoms with Crippen LogP contribution in [0.25, 0.3) is 0 Å². The molecule has 1 atom stereocenters. The van der Waals surface area contributed by atoms with Crippen LogP contribution in [0.2, 0.25) is 0 Å². The molecule has 1 N–H and O–H groups in total. The van der Waals surface area contributed by atoms with E-state index >= 15 is 0 Å². The van der Waals surface area contributed by atoms with Gasteiger partial charge in [-0.3, -0.25) is 0 Å². The van der Waals surface area contributed by atoms with E-state index in [4.69, 9.17) is 0 Å². The van der Waals surface area contributed by atoms with Crippen LogP contribution in [-0.2, 0) is 6.42 Å². The molecule has 0 radical (unpaired) electrons. The van der Waals surface area contributed by atoms with Crippen molar-refractivity contribution < 1.29 is 9.50 Å². The van der Waals surface area contributed by atoms with Gasteiger partial charge in [-0.05, 0) is 54.5 Å². The average molecular weight is 313 g/mol. The maximum Gasteiger partial charge on any atom is 0.123 e. The second kappa shape index (κ2) is 7.14. The van der Waals surface area contributed by atoms with Gasteiger partial charge in [-0.25, -0.2) is 4.39 Å². The molecule has 0 bridgehead atoms. The van der Waals surface area contributed by atoms with Crippen molar-refractivity contribution in [2.45, 2.75) is 32.3 Å². The fourth-order valence-corrected chi connectivity index (χ4v) is 3.51. The van der Waals surface area contributed by atoms with Crippen LogP contribution in [0, 0.1) is 11.7 Å². The summed E-state index contributed by atoms with van der Waals surface area (Å²) in [6.07, 6.45) is 2.45. The van der Waals surface area contributed by atoms with E-state index in [0.29, 0.717) is 0 Å². The highest BCUT2D eigenvalue weighted by molar-refractivity contribution is 5.54. The van der Waals surface area contributed by atoms with E-state index in [1.54, 1.807) is 12.1 Å². The number of aliphatic hydroxyl groups excluding tert-OH is 1. The third kappa shape index (κ3) is 3.56. The summed E-state index contributed by atoms with van der Waals surface area (Å²) < 4.78 is 13.0. The van der Waals surface area contributed by atoms with Crippen molar-refractivity contribution in [1.82, 2.24) is 0 Å². The van der Waals surface area contributed by atoms with Crippen molar-refractivity contribution in [1.29, 1.82) is 0 Å². The van der Waals surface area contributed by atoms with E-state index in [2.05, 4.69) is 36.1 Å². The van der Waals surface area contributed by atoms with E-state index in [9.17, 15) is 9.50 Å². The first-order valence-corrected chi connectivity index (χ1v) is 8.45. The number of hydrogen-bond acceptors (Lipinski definition) is 2. The standard InChI is InChI=1S/C20H24FNO/c1-2-15-5-3-4-6-19(15)22-13-11-17(12-14-22)20(23)16-7-9-18(21)10-8-16/h3-10,17,20,23H,2,11-14H2,1H3. The molecule has 1 fully saturated rings. The van der Waals surface area contributed by atoms with E-state index in [1.165, 1.54) is 23.4 Å². The molecular formula is C20H24FNO. The molecule has 1 saturated heterocycles. The summed E-state index contributed by atoms with van der Waals surface area (Å²) in [5.41, 5.74) is 3.52. The van der Waals surface area contributed by atoms with Gasteiger partial charge in [-0.15, -0.1) is 0 Å². The minimum Gasteiger partial charge on any atom is -0.388 e. The predicted molar refractivity (Wildman–Crippen MR) is 92.1 cm³/mol. The number of anilines is 1. The maximum absolute atomic E-state index is 13.0. The van der Waals surface area contributed by atoms with Gasteiger partial charge in [-0.1, -0.05) is 37.3 Å². The summed E-state index contributed by atoms with van der Waals surface area (Å²) >= 11 is 0. The third-order valence-electron chi connectivity index (χ3n) is 4.91. The second-order valence-corrected chi connectivity index (χ2v) is 6.30. The van der Waals surface area contributed by atoms with Crippen LogP contribution in [0.15, 0.2) is 48.5 Å². The Labute approximate surface area is 137 Å². The first-order chi connectivity index (χ1) is 11.2. The SMILES string of the molecule is CCc1ccccc1N1CCC(C(O)c2ccc(F)cc2)CC1. The molecule has 0 aromatic heterocycles. The third-order valence-corrected chi connectivity index (χ3v) is 4.91. The van der Waals surface area contributed by atoms with Gasteiger partial charge in [0.2, 0.25) is 0 Å². The Hall–Kier alpha value is -1.87. The fourth-order valence-electron chi connectivity index (χ4n) is 3.51. The molecule has 2 aromatic rings. The zero-order chi connectivity index (χ0) is 16.2. The normalized spacial score (nSPS) is 17.3. The van der Waals surface area contributed by atoms with Gasteiger partial charge in [0, 0.05) is 18.8 Å². The number of aryl methyl sites for hydroxylation is 1. The highest BCUT2D eigenvalue weighted by atomic mass is 19.1. The number of hydrogen-bond donors (Lipinski definition) is 1. The Balaban J connectivity index is 1.65. The fraction of sp³-hybridized carbons (Fsp3) is 0.400. The van der Waals surface area contributed by atoms with Crippen LogP contribution in [-0.4, -0.2) is 18.2 Å². The number of piperidine rings is 1. The summed E-state index contributed by atoms with van der Waals surface area (Å²) in [6.45, 7) is 4.10. The minimum atomic E-state index is -0.501. The predicted octanol–water partition coefficient (Wildman–Crippen LogP) is 4.34. The molecule has 0 amide bonds. The molecule has 0 spiro atoms. The van der Waals surface area contributed by atoms with Crippen molar-refractivity contribution >= 4 is 5.69 Å². The van der Waals surface area contributed by atoms with Crippen LogP contribution < -0.4 is 4.90 Å². The lowest BCUT2D eigenvalue weighted by molar-refractivity contribution is 0.0929. The number of aliphatic hydroxyl groups is 1. The molecule has 3 heteroatoms. The highest BCUT2D eigenvalue weighted by Gasteiger charge is 2.26. The van der Waals surface area contributed by atoms with Crippen LogP contribution in [0.5, 0.6) is 0 Å². The summed E-state index contributed by atoms with van der Waals surface area (Å²) in [7, 11) is 0. The second-order valence-electron chi connectivity index (χ2n) is 6.30. The maximum atomic E-state index is 13.0. The molecule has 1 heterocycles. The molecule has 2 aromatic carbocycles. The largest absolute Gasteiger partial charge is 0.388 e. The topological polar surface area (TPSA) is 23.5 Å². The van der Waals surface area contributed by atoms with E-state index < -0.39 is 6.10 Å². The molecular weight excluding hydrogens is 289 g/mol. The van der Waals surface area contributed by atoms with Crippen molar-refractivity contribution in [3.05, 3.63) is 65.5 Å². The lowest BCUT2D eigenvalue weighted by Crippen LogP contribution is -2.36. The Morgan fingerprint density at radius 3 is 2.39 bits per heavy atom. The Morgan fingerprint density at radius 2 is 1.74 bits per heavy atom. The van der Waals surface area contributed by atoms with Gasteiger partial charge in [0.25, 0.3) is 0 Å². The molecule has 1 aliphatic rings. The summed E-state index contributed by atoms with van der Waals surface area (Å²) in [4.78, 5) is 2.42. The van der Waals surface area contributed by atoms with E-state index in [-0.39, 0.29) is 11.7 Å². The Morgan fingerprint density at radius 1 is 1.09 bits per heavy atom. The summed E-state index contributed by atoms with van der Waals surface area (Å²) in [5, 5.41) is 10.6. The number of rotatable bonds is 4. The quantitative estimate of drug-likeness (QED) is 0.907. The molecule has 1 unspecified atom stereocenters. The van der Waals surface area contributed by atoms with Gasteiger partial charge in [0.15, 0.2) is 0 Å². The van der Waals surface area contributed by atoms with Crippen LogP contribution >= 0.6 is 0 Å². The zero-order valence-electron chi connectivity index (χ0n) is 13.6. The smallest absolute Gasteiger partial charge is 0.123 e. The van der Waals surface area contributed by atoms with Gasteiger partial charge < -0.3 is 10.0 Å². The molecule has 2 nitrogen and oxygen atoms in total. The Kier molecular flexibility index (Phi) is 4.97. The van der Waals surface area contributed by atoms with Crippen molar-refractivity contribution in [2.24, 2.45) is 5.92 Å². The van der Waals surface area contributed by atoms with Crippen molar-refractivity contribution in [3.8, 4) is 0 Å². The Bertz CT molecular complexity index is 632. The molecule has 0 saturated carbocycles. The minimum absolute atomic E-state index is 0.241. The lowest BCUT2D eigenvalue weighted by atomic mass is 9.87. The van der Waals surface area contributed by atoms with Crippen molar-refractivity contribution in [2.75, 3.05) is 18.0 Å². The highest BCUT2D eigenvalue weighted by Crippen LogP contribution is 2.33. The van der Waals surface area contributed by atoms with E-state index in [0.717, 1.165) is 37.9 Å². The zero-order valence-corrected chi connectivity index (χ0v) is 13.6. The number of nitrogens with zero attached hydrogens (tertiary/aromatic N) is 1. The molecule has 3 rings (SSSR count). The van der Waals surface area contributed by atoms with Crippen LogP contribution in [0.3, 0.4) is 0 Å². The van der Waals surface area contributed by atoms with Crippen LogP contribution in [0.1, 0.15) is 37.0 Å². The molecule has 0 aliphatic carbocycles. The average Bonchev–Trinajstić information content (AvgIpc) is 2.62. The number of halogens is 1. The lowest BCUT2D eigenvalue weighted by Gasteiger charge is -2.36.